The Hall–Kier alpha value is -1.97. The minimum Gasteiger partial charge on any atom is -0.386 e. The van der Waals surface area contributed by atoms with Crippen molar-refractivity contribution < 1.29 is 4.79 Å². The summed E-state index contributed by atoms with van der Waals surface area (Å²) in [5.41, 5.74) is 8.31. The van der Waals surface area contributed by atoms with Gasteiger partial charge in [0.05, 0.1) is 5.41 Å². The first kappa shape index (κ1) is 17.4. The van der Waals surface area contributed by atoms with Crippen LogP contribution in [0.3, 0.4) is 0 Å². The third kappa shape index (κ3) is 3.36. The summed E-state index contributed by atoms with van der Waals surface area (Å²) in [6, 6.07) is 8.10. The molecule has 4 heteroatoms. The van der Waals surface area contributed by atoms with Crippen molar-refractivity contribution in [1.29, 1.82) is 5.41 Å². The van der Waals surface area contributed by atoms with Crippen LogP contribution < -0.4 is 5.73 Å². The Labute approximate surface area is 138 Å². The highest BCUT2D eigenvalue weighted by Gasteiger charge is 2.49. The molecular weight excluding hydrogens is 286 g/mol. The average Bonchev–Trinajstić information content (AvgIpc) is 3.45. The van der Waals surface area contributed by atoms with Gasteiger partial charge in [0, 0.05) is 5.92 Å². The van der Waals surface area contributed by atoms with E-state index in [1.54, 1.807) is 0 Å². The smallest absolute Gasteiger partial charge is 0.292 e. The molecule has 1 amide bonds. The lowest BCUT2D eigenvalue weighted by atomic mass is 9.91. The maximum Gasteiger partial charge on any atom is 0.292 e. The first-order valence-corrected chi connectivity index (χ1v) is 8.49. The fourth-order valence-electron chi connectivity index (χ4n) is 3.06. The molecule has 0 aliphatic heterocycles. The van der Waals surface area contributed by atoms with E-state index in [-0.39, 0.29) is 17.0 Å². The number of carbonyl (C=O) groups excluding carboxylic acids is 1. The molecule has 2 aliphatic rings. The molecule has 2 fully saturated rings. The Balaban J connectivity index is 0.000000924. The lowest BCUT2D eigenvalue weighted by Crippen LogP contribution is -2.32. The summed E-state index contributed by atoms with van der Waals surface area (Å²) >= 11 is 0. The molecule has 0 saturated heterocycles. The van der Waals surface area contributed by atoms with Crippen LogP contribution in [0.2, 0.25) is 0 Å². The van der Waals surface area contributed by atoms with Gasteiger partial charge in [-0.15, -0.1) is 0 Å². The van der Waals surface area contributed by atoms with E-state index in [4.69, 9.17) is 11.1 Å². The van der Waals surface area contributed by atoms with Crippen LogP contribution >= 0.6 is 0 Å². The van der Waals surface area contributed by atoms with Crippen molar-refractivity contribution in [2.45, 2.75) is 52.4 Å². The molecule has 2 aliphatic carbocycles. The molecule has 0 radical (unpaired) electrons. The van der Waals surface area contributed by atoms with Gasteiger partial charge in [-0.25, -0.2) is 0 Å². The number of hydrogen-bond acceptors (Lipinski definition) is 2. The average molecular weight is 313 g/mol. The summed E-state index contributed by atoms with van der Waals surface area (Å²) in [4.78, 5) is 16.1. The lowest BCUT2D eigenvalue weighted by Gasteiger charge is -2.17. The molecule has 1 aromatic carbocycles. The summed E-state index contributed by atoms with van der Waals surface area (Å²) in [5.74, 6) is 0.438. The van der Waals surface area contributed by atoms with Crippen molar-refractivity contribution >= 4 is 17.5 Å². The molecule has 2 saturated carbocycles. The molecule has 0 heterocycles. The van der Waals surface area contributed by atoms with Gasteiger partial charge < -0.3 is 5.73 Å². The number of nitrogens with two attached hydrogens (primary N) is 1. The van der Waals surface area contributed by atoms with E-state index in [1.165, 1.54) is 5.56 Å². The summed E-state index contributed by atoms with van der Waals surface area (Å²) in [5, 5.41) is 7.90. The van der Waals surface area contributed by atoms with E-state index in [2.05, 4.69) is 31.0 Å². The molecule has 0 bridgehead atoms. The van der Waals surface area contributed by atoms with Crippen molar-refractivity contribution in [2.75, 3.05) is 0 Å². The number of nitrogens with one attached hydrogen (secondary N) is 1. The van der Waals surface area contributed by atoms with Gasteiger partial charge in [0.25, 0.3) is 5.91 Å². The molecule has 3 rings (SSSR count). The highest BCUT2D eigenvalue weighted by molar-refractivity contribution is 6.41. The van der Waals surface area contributed by atoms with E-state index >= 15 is 0 Å². The molecule has 2 atom stereocenters. The maximum atomic E-state index is 12.1. The second-order valence-corrected chi connectivity index (χ2v) is 6.43. The van der Waals surface area contributed by atoms with Crippen molar-refractivity contribution in [2.24, 2.45) is 22.6 Å². The van der Waals surface area contributed by atoms with Crippen LogP contribution in [0.15, 0.2) is 29.3 Å². The Kier molecular flexibility index (Phi) is 5.03. The second kappa shape index (κ2) is 6.65. The van der Waals surface area contributed by atoms with Gasteiger partial charge in [0.15, 0.2) is 0 Å². The normalized spacial score (nSPS) is 24.3. The molecule has 0 spiro atoms. The van der Waals surface area contributed by atoms with E-state index in [1.807, 2.05) is 26.0 Å². The van der Waals surface area contributed by atoms with Gasteiger partial charge in [-0.3, -0.25) is 10.2 Å². The number of rotatable bonds is 4. The Bertz CT molecular complexity index is 644. The van der Waals surface area contributed by atoms with Gasteiger partial charge >= 0.3 is 0 Å². The highest BCUT2D eigenvalue weighted by Crippen LogP contribution is 2.49. The third-order valence-corrected chi connectivity index (χ3v) is 4.83. The largest absolute Gasteiger partial charge is 0.386 e. The number of aryl methyl sites for hydroxylation is 1. The standard InChI is InChI=1S/C17H21N3O.C2H6/c1-10-5-3-4-6-13(10)17(7-8-17)16(19)20-15(21)14(18)12-9-11(12)2;1-2/h3-6,11-12,18H,7-9H2,1-2H3,(H2,19,20,21);1-2H3. The lowest BCUT2D eigenvalue weighted by molar-refractivity contribution is -0.112. The Morgan fingerprint density at radius 2 is 1.87 bits per heavy atom. The molecule has 4 nitrogen and oxygen atoms in total. The third-order valence-electron chi connectivity index (χ3n) is 4.83. The molecule has 1 aromatic rings. The summed E-state index contributed by atoms with van der Waals surface area (Å²) in [6.07, 6.45) is 2.77. The Morgan fingerprint density at radius 3 is 2.35 bits per heavy atom. The number of aliphatic imine (C=N–C) groups is 1. The van der Waals surface area contributed by atoms with Crippen molar-refractivity contribution in [3.05, 3.63) is 35.4 Å². The molecule has 2 unspecified atom stereocenters. The van der Waals surface area contributed by atoms with E-state index in [9.17, 15) is 4.79 Å². The first-order chi connectivity index (χ1) is 11.0. The van der Waals surface area contributed by atoms with E-state index in [0.717, 1.165) is 24.8 Å². The Morgan fingerprint density at radius 1 is 1.30 bits per heavy atom. The minimum absolute atomic E-state index is 0.0858. The number of carbonyl (C=O) groups is 1. The van der Waals surface area contributed by atoms with Gasteiger partial charge in [-0.05, 0) is 43.2 Å². The van der Waals surface area contributed by atoms with Crippen molar-refractivity contribution in [1.82, 2.24) is 0 Å². The number of hydrogen-bond donors (Lipinski definition) is 2. The zero-order valence-corrected chi connectivity index (χ0v) is 14.5. The van der Waals surface area contributed by atoms with E-state index in [0.29, 0.717) is 11.8 Å². The van der Waals surface area contributed by atoms with Gasteiger partial charge in [-0.1, -0.05) is 45.0 Å². The van der Waals surface area contributed by atoms with Crippen molar-refractivity contribution in [3.8, 4) is 0 Å². The van der Waals surface area contributed by atoms with Crippen LogP contribution in [0.4, 0.5) is 0 Å². The maximum absolute atomic E-state index is 12.1. The predicted octanol–water partition coefficient (Wildman–Crippen LogP) is 3.61. The molecule has 23 heavy (non-hydrogen) atoms. The monoisotopic (exact) mass is 313 g/mol. The molecule has 0 aromatic heterocycles. The van der Waals surface area contributed by atoms with Gasteiger partial charge in [0.1, 0.15) is 11.5 Å². The molecule has 124 valence electrons. The molecule has 3 N–H and O–H groups in total. The van der Waals surface area contributed by atoms with Crippen LogP contribution in [-0.2, 0) is 10.2 Å². The zero-order chi connectivity index (χ0) is 17.2. The van der Waals surface area contributed by atoms with Crippen LogP contribution in [0.5, 0.6) is 0 Å². The van der Waals surface area contributed by atoms with E-state index < -0.39 is 5.91 Å². The quantitative estimate of drug-likeness (QED) is 0.658. The highest BCUT2D eigenvalue weighted by atomic mass is 16.1. The van der Waals surface area contributed by atoms with Crippen LogP contribution in [0.1, 0.15) is 51.2 Å². The second-order valence-electron chi connectivity index (χ2n) is 6.43. The predicted molar refractivity (Wildman–Crippen MR) is 95.1 cm³/mol. The summed E-state index contributed by atoms with van der Waals surface area (Å²) in [7, 11) is 0. The van der Waals surface area contributed by atoms with Crippen LogP contribution in [-0.4, -0.2) is 17.5 Å². The minimum atomic E-state index is -0.457. The molecular formula is C19H27N3O. The first-order valence-electron chi connectivity index (χ1n) is 8.49. The fraction of sp³-hybridized carbons (Fsp3) is 0.526. The number of amidine groups is 1. The van der Waals surface area contributed by atoms with Gasteiger partial charge in [-0.2, -0.15) is 4.99 Å². The van der Waals surface area contributed by atoms with Gasteiger partial charge in [0.2, 0.25) is 0 Å². The van der Waals surface area contributed by atoms with Crippen LogP contribution in [0, 0.1) is 24.2 Å². The van der Waals surface area contributed by atoms with Crippen molar-refractivity contribution in [3.63, 3.8) is 0 Å². The SMILES string of the molecule is CC.Cc1ccccc1C1(C(N)=NC(=O)C(=N)C2CC2C)CC1. The number of amides is 1. The summed E-state index contributed by atoms with van der Waals surface area (Å²) in [6.45, 7) is 8.10. The summed E-state index contributed by atoms with van der Waals surface area (Å²) < 4.78 is 0. The zero-order valence-electron chi connectivity index (χ0n) is 14.5. The fourth-order valence-corrected chi connectivity index (χ4v) is 3.06. The number of benzene rings is 1. The number of nitrogens with zero attached hydrogens (tertiary/aromatic N) is 1. The van der Waals surface area contributed by atoms with Crippen LogP contribution in [0.25, 0.3) is 0 Å². The topological polar surface area (TPSA) is 79.3 Å².